The van der Waals surface area contributed by atoms with Crippen molar-refractivity contribution >= 4 is 27.3 Å². The highest BCUT2D eigenvalue weighted by Gasteiger charge is 1.97. The van der Waals surface area contributed by atoms with Crippen molar-refractivity contribution < 1.29 is 0 Å². The van der Waals surface area contributed by atoms with E-state index in [1.54, 1.807) is 0 Å². The summed E-state index contributed by atoms with van der Waals surface area (Å²) in [6, 6.07) is 10.3. The molecular formula is C14H16BrN3. The minimum absolute atomic E-state index is 0.796. The maximum atomic E-state index is 4.20. The van der Waals surface area contributed by atoms with Gasteiger partial charge in [0.15, 0.2) is 0 Å². The zero-order valence-electron chi connectivity index (χ0n) is 10.3. The Labute approximate surface area is 116 Å². The van der Waals surface area contributed by atoms with E-state index in [1.165, 1.54) is 5.56 Å². The van der Waals surface area contributed by atoms with Crippen molar-refractivity contribution in [2.45, 2.75) is 13.5 Å². The van der Waals surface area contributed by atoms with Crippen molar-refractivity contribution in [2.75, 3.05) is 17.2 Å². The molecule has 1 aromatic carbocycles. The molecule has 0 fully saturated rings. The lowest BCUT2D eigenvalue weighted by Crippen LogP contribution is -2.02. The van der Waals surface area contributed by atoms with Crippen LogP contribution in [0.15, 0.2) is 47.2 Å². The third-order valence-corrected chi connectivity index (χ3v) is 3.06. The fraction of sp³-hybridized carbons (Fsp3) is 0.214. The zero-order valence-corrected chi connectivity index (χ0v) is 11.9. The van der Waals surface area contributed by atoms with Gasteiger partial charge in [-0.25, -0.2) is 0 Å². The van der Waals surface area contributed by atoms with Crippen LogP contribution < -0.4 is 10.6 Å². The number of benzene rings is 1. The minimum Gasteiger partial charge on any atom is -0.384 e. The maximum Gasteiger partial charge on any atom is 0.0550 e. The number of halogens is 1. The Balaban J connectivity index is 1.97. The summed E-state index contributed by atoms with van der Waals surface area (Å²) in [4.78, 5) is 4.20. The smallest absolute Gasteiger partial charge is 0.0550 e. The molecule has 18 heavy (non-hydrogen) atoms. The van der Waals surface area contributed by atoms with Gasteiger partial charge < -0.3 is 10.6 Å². The third kappa shape index (κ3) is 3.74. The van der Waals surface area contributed by atoms with Crippen molar-refractivity contribution in [3.63, 3.8) is 0 Å². The second-order valence-corrected chi connectivity index (χ2v) is 4.89. The van der Waals surface area contributed by atoms with Crippen LogP contribution in [0, 0.1) is 0 Å². The van der Waals surface area contributed by atoms with Crippen molar-refractivity contribution in [2.24, 2.45) is 0 Å². The monoisotopic (exact) mass is 305 g/mol. The van der Waals surface area contributed by atoms with Gasteiger partial charge in [-0.15, -0.1) is 0 Å². The molecule has 0 bridgehead atoms. The zero-order chi connectivity index (χ0) is 12.8. The number of pyridine rings is 1. The number of nitrogens with one attached hydrogen (secondary N) is 2. The van der Waals surface area contributed by atoms with Gasteiger partial charge in [0.2, 0.25) is 0 Å². The van der Waals surface area contributed by atoms with E-state index >= 15 is 0 Å². The Morgan fingerprint density at radius 1 is 1.06 bits per heavy atom. The number of hydrogen-bond donors (Lipinski definition) is 2. The maximum absolute atomic E-state index is 4.20. The lowest BCUT2D eigenvalue weighted by molar-refractivity contribution is 1.13. The molecule has 1 aromatic heterocycles. The van der Waals surface area contributed by atoms with E-state index in [9.17, 15) is 0 Å². The average Bonchev–Trinajstić information content (AvgIpc) is 2.39. The molecule has 0 saturated heterocycles. The summed E-state index contributed by atoms with van der Waals surface area (Å²) in [5.41, 5.74) is 3.31. The first-order valence-corrected chi connectivity index (χ1v) is 6.74. The Kier molecular flexibility index (Phi) is 4.59. The topological polar surface area (TPSA) is 37.0 Å². The van der Waals surface area contributed by atoms with Crippen LogP contribution >= 0.6 is 15.9 Å². The molecule has 0 aliphatic rings. The van der Waals surface area contributed by atoms with Crippen molar-refractivity contribution in [3.05, 3.63) is 52.8 Å². The van der Waals surface area contributed by atoms with E-state index in [1.807, 2.05) is 24.5 Å². The van der Waals surface area contributed by atoms with Crippen LogP contribution in [0.25, 0.3) is 0 Å². The SMILES string of the molecule is CCNc1cncc(NCc2ccc(Br)cc2)c1. The molecule has 0 saturated carbocycles. The summed E-state index contributed by atoms with van der Waals surface area (Å²) in [6.07, 6.45) is 3.66. The second-order valence-electron chi connectivity index (χ2n) is 3.97. The van der Waals surface area contributed by atoms with Crippen LogP contribution in [-0.4, -0.2) is 11.5 Å². The van der Waals surface area contributed by atoms with E-state index in [-0.39, 0.29) is 0 Å². The highest BCUT2D eigenvalue weighted by molar-refractivity contribution is 9.10. The third-order valence-electron chi connectivity index (χ3n) is 2.53. The summed E-state index contributed by atoms with van der Waals surface area (Å²) in [5, 5.41) is 6.61. The predicted molar refractivity (Wildman–Crippen MR) is 79.9 cm³/mol. The Morgan fingerprint density at radius 2 is 1.72 bits per heavy atom. The van der Waals surface area contributed by atoms with Crippen LogP contribution in [0.1, 0.15) is 12.5 Å². The van der Waals surface area contributed by atoms with E-state index < -0.39 is 0 Å². The first-order valence-electron chi connectivity index (χ1n) is 5.95. The number of rotatable bonds is 5. The molecule has 4 heteroatoms. The highest BCUT2D eigenvalue weighted by Crippen LogP contribution is 2.15. The Bertz CT molecular complexity index is 497. The molecule has 1 heterocycles. The lowest BCUT2D eigenvalue weighted by atomic mass is 10.2. The molecule has 0 unspecified atom stereocenters. The summed E-state index contributed by atoms with van der Waals surface area (Å²) in [5.74, 6) is 0. The molecule has 0 atom stereocenters. The first kappa shape index (κ1) is 12.9. The van der Waals surface area contributed by atoms with Gasteiger partial charge in [-0.05, 0) is 30.7 Å². The van der Waals surface area contributed by atoms with Gasteiger partial charge in [0, 0.05) is 17.6 Å². The molecule has 2 rings (SSSR count). The van der Waals surface area contributed by atoms with Gasteiger partial charge in [-0.1, -0.05) is 28.1 Å². The first-order chi connectivity index (χ1) is 8.78. The quantitative estimate of drug-likeness (QED) is 0.880. The van der Waals surface area contributed by atoms with Crippen LogP contribution in [0.2, 0.25) is 0 Å². The molecule has 0 aliphatic heterocycles. The van der Waals surface area contributed by atoms with Crippen LogP contribution in [0.4, 0.5) is 11.4 Å². The Morgan fingerprint density at radius 3 is 2.39 bits per heavy atom. The van der Waals surface area contributed by atoms with E-state index in [0.29, 0.717) is 0 Å². The largest absolute Gasteiger partial charge is 0.384 e. The molecule has 2 N–H and O–H groups in total. The van der Waals surface area contributed by atoms with Crippen LogP contribution in [0.3, 0.4) is 0 Å². The fourth-order valence-electron chi connectivity index (χ4n) is 1.64. The minimum atomic E-state index is 0.796. The molecule has 2 aromatic rings. The van der Waals surface area contributed by atoms with Crippen LogP contribution in [-0.2, 0) is 6.54 Å². The van der Waals surface area contributed by atoms with Crippen LogP contribution in [0.5, 0.6) is 0 Å². The molecular weight excluding hydrogens is 290 g/mol. The van der Waals surface area contributed by atoms with Gasteiger partial charge in [0.05, 0.1) is 23.8 Å². The van der Waals surface area contributed by atoms with Gasteiger partial charge >= 0.3 is 0 Å². The van der Waals surface area contributed by atoms with E-state index in [0.717, 1.165) is 28.9 Å². The van der Waals surface area contributed by atoms with Crippen molar-refractivity contribution in [3.8, 4) is 0 Å². The van der Waals surface area contributed by atoms with Gasteiger partial charge in [-0.2, -0.15) is 0 Å². The number of nitrogens with zero attached hydrogens (tertiary/aromatic N) is 1. The van der Waals surface area contributed by atoms with Gasteiger partial charge in [0.25, 0.3) is 0 Å². The highest BCUT2D eigenvalue weighted by atomic mass is 79.9. The number of hydrogen-bond acceptors (Lipinski definition) is 3. The standard InChI is InChI=1S/C14H16BrN3/c1-2-17-13-7-14(10-16-9-13)18-8-11-3-5-12(15)6-4-11/h3-7,9-10,17-18H,2,8H2,1H3. The van der Waals surface area contributed by atoms with Crippen molar-refractivity contribution in [1.29, 1.82) is 0 Å². The summed E-state index contributed by atoms with van der Waals surface area (Å²) >= 11 is 3.43. The van der Waals surface area contributed by atoms with Crippen molar-refractivity contribution in [1.82, 2.24) is 4.98 Å². The van der Waals surface area contributed by atoms with E-state index in [4.69, 9.17) is 0 Å². The Hall–Kier alpha value is -1.55. The second kappa shape index (κ2) is 6.40. The molecule has 0 radical (unpaired) electrons. The molecule has 0 spiro atoms. The molecule has 94 valence electrons. The fourth-order valence-corrected chi connectivity index (χ4v) is 1.91. The van der Waals surface area contributed by atoms with E-state index in [2.05, 4.69) is 56.7 Å². The molecule has 0 amide bonds. The molecule has 0 aliphatic carbocycles. The molecule has 3 nitrogen and oxygen atoms in total. The number of aromatic nitrogens is 1. The average molecular weight is 306 g/mol. The van der Waals surface area contributed by atoms with Gasteiger partial charge in [-0.3, -0.25) is 4.98 Å². The summed E-state index contributed by atoms with van der Waals surface area (Å²) in [6.45, 7) is 3.77. The van der Waals surface area contributed by atoms with Gasteiger partial charge in [0.1, 0.15) is 0 Å². The lowest BCUT2D eigenvalue weighted by Gasteiger charge is -2.08. The summed E-state index contributed by atoms with van der Waals surface area (Å²) in [7, 11) is 0. The predicted octanol–water partition coefficient (Wildman–Crippen LogP) is 3.89. The normalized spacial score (nSPS) is 10.1. The summed E-state index contributed by atoms with van der Waals surface area (Å²) < 4.78 is 1.10. The number of anilines is 2.